The number of aliphatic hydroxyl groups is 11. The SMILES string of the molecule is C.CCOC(=O)C(O)c1cn([C@@H]2O[C@H](CC)C(C)[C@@H]2O[Si](C)(C)C(C)(C)C)c(=O)[nH]c1=O.CCOC(=O)C(O)c1cn([C@@H]2O[C@H](CO)C(O)[C@@H]2O)c(=O)[nH]c1=O.CCOC(=O)C=O.CC[C@H]1O[C@@H](n2cc(Br)c(=O)[nH]c2=O)[C@@H](O[Si](C)(C)C(C)(C)C)C1C.O=c1[nH]c(=O)n([C@@H]2O[C@H](CO)C(O)[C@@H]2O)cc1Br.O=c1ccn([C@@H]2O[C@H](CO)C(O)[C@@H]2O)c(=O)[nH]1. The lowest BCUT2D eigenvalue weighted by molar-refractivity contribution is -0.154. The van der Waals surface area contributed by atoms with E-state index in [9.17, 15) is 108 Å². The number of aliphatic hydroxyl groups excluding tert-OH is 11. The van der Waals surface area contributed by atoms with Crippen LogP contribution in [-0.2, 0) is 65.9 Å². The van der Waals surface area contributed by atoms with Crippen LogP contribution in [0.15, 0.2) is 93.9 Å². The lowest BCUT2D eigenvalue weighted by atomic mass is 9.99. The Balaban J connectivity index is 0.000000320. The molecule has 7 unspecified atom stereocenters. The molecule has 0 saturated carbocycles. The number of nitrogens with zero attached hydrogens (tertiary/aromatic N) is 5. The summed E-state index contributed by atoms with van der Waals surface area (Å²) in [4.78, 5) is 171. The number of esters is 3. The quantitative estimate of drug-likeness (QED) is 0.0121. The zero-order valence-corrected chi connectivity index (χ0v) is 75.3. The van der Waals surface area contributed by atoms with E-state index in [0.29, 0.717) is 9.04 Å². The average Bonchev–Trinajstić information content (AvgIpc) is 1.64. The number of carbonyl (C=O) groups excluding carboxylic acids is 4. The second kappa shape index (κ2) is 46.1. The highest BCUT2D eigenvalue weighted by Gasteiger charge is 2.52. The number of aldehydes is 1. The summed E-state index contributed by atoms with van der Waals surface area (Å²) in [6.07, 6.45) is -13.5. The molecule has 0 radical (unpaired) electrons. The van der Waals surface area contributed by atoms with Gasteiger partial charge in [0, 0.05) is 48.9 Å². The van der Waals surface area contributed by atoms with Gasteiger partial charge in [-0.1, -0.05) is 76.7 Å². The fraction of sp³-hybridized carbons (Fsp3) is 0.676. The van der Waals surface area contributed by atoms with Crippen LogP contribution in [0, 0.1) is 11.8 Å². The molecule has 123 heavy (non-hydrogen) atoms. The molecule has 0 aliphatic carbocycles. The third kappa shape index (κ3) is 26.2. The Hall–Kier alpha value is -7.85. The van der Waals surface area contributed by atoms with Gasteiger partial charge in [-0.15, -0.1) is 0 Å². The van der Waals surface area contributed by atoms with Gasteiger partial charge in [-0.25, -0.2) is 38.4 Å². The highest BCUT2D eigenvalue weighted by atomic mass is 79.9. The van der Waals surface area contributed by atoms with Gasteiger partial charge in [-0.05, 0) is 102 Å². The van der Waals surface area contributed by atoms with Crippen LogP contribution in [0.5, 0.6) is 0 Å². The molecule has 49 heteroatoms. The zero-order chi connectivity index (χ0) is 92.6. The topological polar surface area (TPSA) is 657 Å². The van der Waals surface area contributed by atoms with E-state index < -0.39 is 221 Å². The summed E-state index contributed by atoms with van der Waals surface area (Å²) in [5.41, 5.74) is -7.95. The number of ether oxygens (including phenoxy) is 8. The molecular weight excluding hydrogens is 1800 g/mol. The van der Waals surface area contributed by atoms with Gasteiger partial charge in [0.15, 0.2) is 60.0 Å². The molecular formula is C74H116Br2N10O35Si2. The standard InChI is InChI=1S/C21H36N2O7Si.C17H29BrN2O4Si.C13H18N2O9.C9H11BrN2O6.C9H12N2O6.C4H6O3.CH4/c1-9-14-12(3)16(30-31(7,8)21(4,5)6)18(29-14)23-11-13(17(25)22-20(23)27)15(24)19(26)28-10-2;1-8-12-10(2)13(24-25(6,7)17(3,4)5)15(23-12)20-9-11(18)14(21)19-16(20)22;1-2-23-12(21)7(17)5-3-15(13(22)14-10(5)20)11-9(19)8(18)6(4-16)24-11;10-3-1-12(9(17)11-7(3)16)8-6(15)5(14)4(2-13)18-8;12-3-4-6(14)7(15)8(17-4)11-2-1-5(13)10-9(11)16;1-2-7-4(6)3-5;/h11-12,14-16,18,24H,9-10H2,1-8H3,(H,22,25,27);9-10,12-13,15H,8H2,1-7H3,(H,19,21,22);3,6-9,11,16-19H,2,4H2,1H3,(H,14,20,22);1,4-6,8,13-15H,2H2,(H,11,16,17);1-2,4,6-8,12,14-15H,3H2,(H,10,13,16);3H,2H2,1H3;1H4/t12?,14-,15?,16+,18-;10?,12-,13+,15-;6-,7?,8?,9+,11-;4-,5?,6+,8-;4-,6?,7+,8-;;/m11111../s1. The Labute approximate surface area is 720 Å². The molecule has 0 aromatic carbocycles. The molecule has 0 bridgehead atoms. The van der Waals surface area contributed by atoms with Crippen LogP contribution in [0.1, 0.15) is 165 Å². The van der Waals surface area contributed by atoms with Crippen molar-refractivity contribution in [3.63, 3.8) is 0 Å². The number of aromatic nitrogens is 10. The van der Waals surface area contributed by atoms with Crippen molar-refractivity contribution in [2.45, 2.75) is 269 Å². The molecule has 0 amide bonds. The number of carbonyl (C=O) groups is 4. The van der Waals surface area contributed by atoms with Crippen LogP contribution in [0.4, 0.5) is 0 Å². The van der Waals surface area contributed by atoms with E-state index in [2.05, 4.69) is 133 Å². The Kier molecular flexibility index (Phi) is 40.2. The normalized spacial score (nSPS) is 27.1. The van der Waals surface area contributed by atoms with E-state index in [0.717, 1.165) is 46.6 Å². The van der Waals surface area contributed by atoms with Gasteiger partial charge < -0.3 is 103 Å². The molecule has 0 spiro atoms. The number of nitrogens with one attached hydrogen (secondary N) is 5. The van der Waals surface area contributed by atoms with Crippen LogP contribution >= 0.6 is 31.9 Å². The molecule has 5 aliphatic heterocycles. The lowest BCUT2D eigenvalue weighted by Gasteiger charge is -2.40. The van der Waals surface area contributed by atoms with Crippen molar-refractivity contribution in [3.8, 4) is 0 Å². The number of hydrogen-bond acceptors (Lipinski definition) is 35. The molecule has 694 valence electrons. The van der Waals surface area contributed by atoms with E-state index in [-0.39, 0.29) is 83.8 Å². The van der Waals surface area contributed by atoms with Crippen LogP contribution in [0.2, 0.25) is 36.3 Å². The predicted molar refractivity (Wildman–Crippen MR) is 445 cm³/mol. The lowest BCUT2D eigenvalue weighted by Crippen LogP contribution is -2.48. The smallest absolute Gasteiger partial charge is 0.371 e. The van der Waals surface area contributed by atoms with Gasteiger partial charge in [0.05, 0.1) is 84.1 Å². The van der Waals surface area contributed by atoms with Crippen LogP contribution < -0.4 is 56.2 Å². The molecule has 5 aliphatic rings. The highest BCUT2D eigenvalue weighted by Crippen LogP contribution is 2.46. The summed E-state index contributed by atoms with van der Waals surface area (Å²) in [6, 6.07) is 1.09. The molecule has 10 rings (SSSR count). The third-order valence-corrected chi connectivity index (χ3v) is 31.4. The minimum absolute atomic E-state index is 0. The van der Waals surface area contributed by atoms with Crippen molar-refractivity contribution in [2.75, 3.05) is 39.6 Å². The first-order valence-corrected chi connectivity index (χ1v) is 46.1. The van der Waals surface area contributed by atoms with E-state index in [1.54, 1.807) is 13.8 Å². The highest BCUT2D eigenvalue weighted by molar-refractivity contribution is 9.10. The maximum atomic E-state index is 12.7. The van der Waals surface area contributed by atoms with Crippen molar-refractivity contribution in [2.24, 2.45) is 11.8 Å². The van der Waals surface area contributed by atoms with Crippen molar-refractivity contribution in [3.05, 3.63) is 161 Å². The second-order valence-electron chi connectivity index (χ2n) is 31.5. The van der Waals surface area contributed by atoms with Crippen molar-refractivity contribution in [1.82, 2.24) is 47.8 Å². The Morgan fingerprint density at radius 3 is 1.02 bits per heavy atom. The van der Waals surface area contributed by atoms with Gasteiger partial charge in [0.1, 0.15) is 54.9 Å². The average molecular weight is 1920 g/mol. The van der Waals surface area contributed by atoms with Gasteiger partial charge in [0.2, 0.25) is 6.29 Å². The summed E-state index contributed by atoms with van der Waals surface area (Å²) in [5.74, 6) is -2.70. The summed E-state index contributed by atoms with van der Waals surface area (Å²) in [5, 5.41) is 105. The van der Waals surface area contributed by atoms with Gasteiger partial charge in [0.25, 0.3) is 27.8 Å². The zero-order valence-electron chi connectivity index (χ0n) is 70.1. The van der Waals surface area contributed by atoms with Gasteiger partial charge in [-0.2, -0.15) is 0 Å². The summed E-state index contributed by atoms with van der Waals surface area (Å²) in [6.45, 7) is 33.3. The van der Waals surface area contributed by atoms with Crippen LogP contribution in [0.25, 0.3) is 0 Å². The molecule has 22 atom stereocenters. The van der Waals surface area contributed by atoms with E-state index >= 15 is 0 Å². The number of hydrogen-bond donors (Lipinski definition) is 16. The maximum absolute atomic E-state index is 12.7. The molecule has 45 nitrogen and oxygen atoms in total. The Morgan fingerprint density at radius 1 is 0.455 bits per heavy atom. The number of rotatable bonds is 22. The van der Waals surface area contributed by atoms with Crippen LogP contribution in [0.3, 0.4) is 0 Å². The van der Waals surface area contributed by atoms with Gasteiger partial charge >= 0.3 is 46.4 Å². The third-order valence-electron chi connectivity index (χ3n) is 21.3. The van der Waals surface area contributed by atoms with Crippen molar-refractivity contribution >= 4 is 72.7 Å². The number of H-pyrrole nitrogens is 5. The minimum atomic E-state index is -2.21. The Morgan fingerprint density at radius 2 is 0.740 bits per heavy atom. The first kappa shape index (κ1) is 107. The molecule has 5 saturated heterocycles. The fourth-order valence-electron chi connectivity index (χ4n) is 12.4. The maximum Gasteiger partial charge on any atom is 0.371 e. The van der Waals surface area contributed by atoms with E-state index in [4.69, 9.17) is 52.6 Å². The van der Waals surface area contributed by atoms with E-state index in [1.165, 1.54) is 28.5 Å². The van der Waals surface area contributed by atoms with Gasteiger partial charge in [-0.3, -0.25) is 76.5 Å². The molecule has 16 N–H and O–H groups in total. The first-order chi connectivity index (χ1) is 56.7. The predicted octanol–water partition coefficient (Wildman–Crippen LogP) is -1.71. The number of halogens is 2. The Bertz CT molecular complexity index is 4990. The van der Waals surface area contributed by atoms with E-state index in [1.807, 2.05) is 28.8 Å². The molecule has 5 fully saturated rings. The molecule has 5 aromatic rings. The summed E-state index contributed by atoms with van der Waals surface area (Å²) >= 11 is 6.14. The second-order valence-corrected chi connectivity index (χ2v) is 42.7. The largest absolute Gasteiger partial charge is 0.464 e. The first-order valence-electron chi connectivity index (χ1n) is 38.6. The number of aromatic amines is 5. The summed E-state index contributed by atoms with van der Waals surface area (Å²) < 4.78 is 60.4. The monoisotopic (exact) mass is 1920 g/mol. The minimum Gasteiger partial charge on any atom is -0.464 e. The van der Waals surface area contributed by atoms with Crippen molar-refractivity contribution in [1.29, 1.82) is 0 Å². The molecule has 5 aromatic heterocycles. The van der Waals surface area contributed by atoms with Crippen molar-refractivity contribution < 1.29 is 122 Å². The summed E-state index contributed by atoms with van der Waals surface area (Å²) in [7, 11) is -4.26. The molecule has 10 heterocycles. The fourth-order valence-corrected chi connectivity index (χ4v) is 15.7. The van der Waals surface area contributed by atoms with Crippen LogP contribution in [-0.4, -0.2) is 264 Å².